The van der Waals surface area contributed by atoms with E-state index in [0.29, 0.717) is 18.8 Å². The zero-order chi connectivity index (χ0) is 12.0. The SMILES string of the molecule is CCN(CC)C(=O)Oc1ccccc1SC. The van der Waals surface area contributed by atoms with Crippen molar-refractivity contribution >= 4 is 17.9 Å². The summed E-state index contributed by atoms with van der Waals surface area (Å²) in [6, 6.07) is 7.55. The van der Waals surface area contributed by atoms with E-state index in [4.69, 9.17) is 4.74 Å². The molecule has 0 saturated carbocycles. The predicted octanol–water partition coefficient (Wildman–Crippen LogP) is 3.25. The molecule has 0 saturated heterocycles. The van der Waals surface area contributed by atoms with Gasteiger partial charge in [0, 0.05) is 18.0 Å². The largest absolute Gasteiger partial charge is 0.415 e. The van der Waals surface area contributed by atoms with E-state index in [-0.39, 0.29) is 6.09 Å². The minimum absolute atomic E-state index is 0.286. The normalized spacial score (nSPS) is 9.94. The third-order valence-electron chi connectivity index (χ3n) is 2.29. The Morgan fingerprint density at radius 2 is 1.94 bits per heavy atom. The summed E-state index contributed by atoms with van der Waals surface area (Å²) in [5.41, 5.74) is 0. The molecule has 0 aliphatic carbocycles. The lowest BCUT2D eigenvalue weighted by atomic mass is 10.3. The molecule has 0 N–H and O–H groups in total. The molecule has 88 valence electrons. The first-order chi connectivity index (χ1) is 7.72. The van der Waals surface area contributed by atoms with Crippen LogP contribution in [0.15, 0.2) is 29.2 Å². The highest BCUT2D eigenvalue weighted by molar-refractivity contribution is 7.98. The first kappa shape index (κ1) is 12.9. The van der Waals surface area contributed by atoms with Crippen molar-refractivity contribution in [2.75, 3.05) is 19.3 Å². The van der Waals surface area contributed by atoms with Gasteiger partial charge in [0.2, 0.25) is 0 Å². The molecule has 1 aromatic rings. The lowest BCUT2D eigenvalue weighted by Gasteiger charge is -2.18. The molecule has 0 fully saturated rings. The summed E-state index contributed by atoms with van der Waals surface area (Å²) < 4.78 is 5.35. The lowest BCUT2D eigenvalue weighted by Crippen LogP contribution is -2.33. The van der Waals surface area contributed by atoms with Gasteiger partial charge in [-0.1, -0.05) is 12.1 Å². The van der Waals surface area contributed by atoms with Gasteiger partial charge in [-0.3, -0.25) is 0 Å². The van der Waals surface area contributed by atoms with E-state index in [2.05, 4.69) is 0 Å². The van der Waals surface area contributed by atoms with E-state index in [1.54, 1.807) is 16.7 Å². The van der Waals surface area contributed by atoms with Crippen LogP contribution in [0.25, 0.3) is 0 Å². The zero-order valence-electron chi connectivity index (χ0n) is 9.90. The van der Waals surface area contributed by atoms with Gasteiger partial charge in [0.25, 0.3) is 0 Å². The van der Waals surface area contributed by atoms with E-state index in [9.17, 15) is 4.79 Å². The number of rotatable bonds is 4. The van der Waals surface area contributed by atoms with Gasteiger partial charge < -0.3 is 9.64 Å². The van der Waals surface area contributed by atoms with Crippen molar-refractivity contribution in [2.45, 2.75) is 18.7 Å². The number of hydrogen-bond donors (Lipinski definition) is 0. The molecular weight excluding hydrogens is 222 g/mol. The number of thioether (sulfide) groups is 1. The molecule has 0 unspecified atom stereocenters. The quantitative estimate of drug-likeness (QED) is 0.755. The topological polar surface area (TPSA) is 29.5 Å². The van der Waals surface area contributed by atoms with Crippen LogP contribution in [-0.4, -0.2) is 30.3 Å². The van der Waals surface area contributed by atoms with Crippen LogP contribution in [0.2, 0.25) is 0 Å². The third kappa shape index (κ3) is 3.17. The fraction of sp³-hybridized carbons (Fsp3) is 0.417. The number of nitrogens with zero attached hydrogens (tertiary/aromatic N) is 1. The predicted molar refractivity (Wildman–Crippen MR) is 67.2 cm³/mol. The van der Waals surface area contributed by atoms with Gasteiger partial charge in [0.1, 0.15) is 5.75 Å². The van der Waals surface area contributed by atoms with E-state index < -0.39 is 0 Å². The van der Waals surface area contributed by atoms with Crippen molar-refractivity contribution in [2.24, 2.45) is 0 Å². The van der Waals surface area contributed by atoms with E-state index in [0.717, 1.165) is 4.90 Å². The molecule has 0 spiro atoms. The van der Waals surface area contributed by atoms with Gasteiger partial charge in [0.15, 0.2) is 0 Å². The van der Waals surface area contributed by atoms with Crippen molar-refractivity contribution in [1.82, 2.24) is 4.90 Å². The molecule has 0 aliphatic heterocycles. The highest BCUT2D eigenvalue weighted by Crippen LogP contribution is 2.27. The first-order valence-corrected chi connectivity index (χ1v) is 6.55. The second-order valence-corrected chi connectivity index (χ2v) is 4.04. The minimum Gasteiger partial charge on any atom is -0.409 e. The maximum atomic E-state index is 11.7. The van der Waals surface area contributed by atoms with Gasteiger partial charge in [-0.2, -0.15) is 0 Å². The smallest absolute Gasteiger partial charge is 0.409 e. The van der Waals surface area contributed by atoms with Crippen LogP contribution in [0.1, 0.15) is 13.8 Å². The van der Waals surface area contributed by atoms with Crippen LogP contribution < -0.4 is 4.74 Å². The first-order valence-electron chi connectivity index (χ1n) is 5.32. The fourth-order valence-corrected chi connectivity index (χ4v) is 1.87. The van der Waals surface area contributed by atoms with E-state index in [1.165, 1.54) is 0 Å². The Morgan fingerprint density at radius 1 is 1.31 bits per heavy atom. The summed E-state index contributed by atoms with van der Waals surface area (Å²) >= 11 is 1.57. The summed E-state index contributed by atoms with van der Waals surface area (Å²) in [5, 5.41) is 0. The molecule has 0 aromatic heterocycles. The Hall–Kier alpha value is -1.16. The number of ether oxygens (including phenoxy) is 1. The molecule has 0 bridgehead atoms. The van der Waals surface area contributed by atoms with Crippen LogP contribution in [0, 0.1) is 0 Å². The molecule has 16 heavy (non-hydrogen) atoms. The van der Waals surface area contributed by atoms with Crippen LogP contribution >= 0.6 is 11.8 Å². The zero-order valence-corrected chi connectivity index (χ0v) is 10.7. The summed E-state index contributed by atoms with van der Waals surface area (Å²) in [6.45, 7) is 5.20. The molecule has 1 aromatic carbocycles. The molecule has 3 nitrogen and oxygen atoms in total. The summed E-state index contributed by atoms with van der Waals surface area (Å²) in [5.74, 6) is 0.631. The molecule has 0 radical (unpaired) electrons. The molecule has 0 aliphatic rings. The number of carbonyl (C=O) groups excluding carboxylic acids is 1. The summed E-state index contributed by atoms with van der Waals surface area (Å²) in [7, 11) is 0. The van der Waals surface area contributed by atoms with Crippen molar-refractivity contribution in [3.05, 3.63) is 24.3 Å². The highest BCUT2D eigenvalue weighted by Gasteiger charge is 2.13. The molecule has 0 atom stereocenters. The monoisotopic (exact) mass is 239 g/mol. The van der Waals surface area contributed by atoms with Gasteiger partial charge in [0.05, 0.1) is 0 Å². The van der Waals surface area contributed by atoms with Crippen LogP contribution in [-0.2, 0) is 0 Å². The van der Waals surface area contributed by atoms with Gasteiger partial charge in [-0.15, -0.1) is 11.8 Å². The minimum atomic E-state index is -0.286. The lowest BCUT2D eigenvalue weighted by molar-refractivity contribution is 0.156. The Morgan fingerprint density at radius 3 is 2.50 bits per heavy atom. The van der Waals surface area contributed by atoms with Crippen LogP contribution in [0.3, 0.4) is 0 Å². The third-order valence-corrected chi connectivity index (χ3v) is 3.07. The Kier molecular flexibility index (Phi) is 5.19. The van der Waals surface area contributed by atoms with Crippen molar-refractivity contribution in [3.8, 4) is 5.75 Å². The molecule has 0 heterocycles. The molecule has 1 rings (SSSR count). The number of carbonyl (C=O) groups is 1. The standard InChI is InChI=1S/C12H17NO2S/c1-4-13(5-2)12(14)15-10-8-6-7-9-11(10)16-3/h6-9H,4-5H2,1-3H3. The fourth-order valence-electron chi connectivity index (χ4n) is 1.34. The number of benzene rings is 1. The summed E-state index contributed by atoms with van der Waals surface area (Å²) in [4.78, 5) is 14.4. The maximum Gasteiger partial charge on any atom is 0.415 e. The number of hydrogen-bond acceptors (Lipinski definition) is 3. The van der Waals surface area contributed by atoms with Gasteiger partial charge in [-0.05, 0) is 32.2 Å². The second kappa shape index (κ2) is 6.43. The van der Waals surface area contributed by atoms with E-state index >= 15 is 0 Å². The number of amides is 1. The van der Waals surface area contributed by atoms with Crippen molar-refractivity contribution < 1.29 is 9.53 Å². The molecule has 4 heteroatoms. The molecule has 1 amide bonds. The van der Waals surface area contributed by atoms with Crippen molar-refractivity contribution in [3.63, 3.8) is 0 Å². The molecular formula is C12H17NO2S. The van der Waals surface area contributed by atoms with Gasteiger partial charge >= 0.3 is 6.09 Å². The van der Waals surface area contributed by atoms with Crippen LogP contribution in [0.5, 0.6) is 5.75 Å². The average molecular weight is 239 g/mol. The van der Waals surface area contributed by atoms with Crippen LogP contribution in [0.4, 0.5) is 4.79 Å². The van der Waals surface area contributed by atoms with Crippen molar-refractivity contribution in [1.29, 1.82) is 0 Å². The maximum absolute atomic E-state index is 11.7. The highest BCUT2D eigenvalue weighted by atomic mass is 32.2. The number of para-hydroxylation sites is 1. The Balaban J connectivity index is 2.76. The summed E-state index contributed by atoms with van der Waals surface area (Å²) in [6.07, 6.45) is 1.68. The average Bonchev–Trinajstić information content (AvgIpc) is 2.31. The second-order valence-electron chi connectivity index (χ2n) is 3.19. The Bertz CT molecular complexity index is 351. The Labute approximate surface area is 101 Å². The van der Waals surface area contributed by atoms with Gasteiger partial charge in [-0.25, -0.2) is 4.79 Å². The van der Waals surface area contributed by atoms with E-state index in [1.807, 2.05) is 44.4 Å².